The van der Waals surface area contributed by atoms with Gasteiger partial charge < -0.3 is 24.4 Å². The van der Waals surface area contributed by atoms with Crippen LogP contribution >= 0.6 is 11.3 Å². The van der Waals surface area contributed by atoms with Crippen LogP contribution in [0.4, 0.5) is 5.13 Å². The summed E-state index contributed by atoms with van der Waals surface area (Å²) in [6.45, 7) is 1.07. The number of likely N-dealkylation sites (tertiary alicyclic amines) is 1. The Balaban J connectivity index is 1.25. The predicted molar refractivity (Wildman–Crippen MR) is 102 cm³/mol. The Bertz CT molecular complexity index is 1040. The minimum atomic E-state index is -0.733. The summed E-state index contributed by atoms with van der Waals surface area (Å²) in [4.78, 5) is 32.1. The summed E-state index contributed by atoms with van der Waals surface area (Å²) >= 11 is 1.35. The number of hydrogen-bond acceptors (Lipinski definition) is 7. The van der Waals surface area contributed by atoms with Crippen molar-refractivity contribution in [2.45, 2.75) is 18.2 Å². The lowest BCUT2D eigenvalue weighted by atomic mass is 9.77. The molecular formula is C20H17N3O5S. The van der Waals surface area contributed by atoms with Gasteiger partial charge >= 0.3 is 0 Å². The Kier molecular flexibility index (Phi) is 3.54. The third-order valence-electron chi connectivity index (χ3n) is 5.95. The fourth-order valence-electron chi connectivity index (χ4n) is 4.75. The number of anilines is 1. The summed E-state index contributed by atoms with van der Waals surface area (Å²) in [6.07, 6.45) is 5.11. The van der Waals surface area contributed by atoms with Crippen LogP contribution in [-0.2, 0) is 20.9 Å². The molecule has 9 heteroatoms. The molecule has 2 amide bonds. The van der Waals surface area contributed by atoms with Crippen LogP contribution in [0.5, 0.6) is 11.5 Å². The van der Waals surface area contributed by atoms with Crippen LogP contribution in [0, 0.1) is 11.8 Å². The number of carbonyl (C=O) groups is 2. The van der Waals surface area contributed by atoms with Gasteiger partial charge in [0, 0.05) is 18.1 Å². The fourth-order valence-corrected chi connectivity index (χ4v) is 5.28. The molecule has 1 aromatic heterocycles. The molecule has 2 aromatic rings. The molecule has 4 aliphatic rings. The Labute approximate surface area is 170 Å². The van der Waals surface area contributed by atoms with Crippen molar-refractivity contribution in [3.05, 3.63) is 47.5 Å². The first kappa shape index (κ1) is 17.0. The summed E-state index contributed by atoms with van der Waals surface area (Å²) in [5.41, 5.74) is 0.212. The molecule has 29 heavy (non-hydrogen) atoms. The van der Waals surface area contributed by atoms with Crippen molar-refractivity contribution in [2.75, 3.05) is 18.7 Å². The molecule has 2 saturated heterocycles. The van der Waals surface area contributed by atoms with Gasteiger partial charge in [0.05, 0.1) is 24.5 Å². The van der Waals surface area contributed by atoms with Crippen LogP contribution < -0.4 is 14.8 Å². The standard InChI is InChI=1S/C20H17N3O5S/c24-17(22-19-21-5-6-29-19)15-13-3-4-20(28-13)9-23(18(25)16(15)20)8-11-1-2-12-14(7-11)27-10-26-12/h1-7,13,15-16H,8-10H2,(H,21,22,24)/t13-,15+,16+,20+/m1/s1. The van der Waals surface area contributed by atoms with Crippen molar-refractivity contribution < 1.29 is 23.8 Å². The van der Waals surface area contributed by atoms with E-state index in [1.54, 1.807) is 16.5 Å². The van der Waals surface area contributed by atoms with Crippen LogP contribution in [0.2, 0.25) is 0 Å². The number of nitrogens with zero attached hydrogens (tertiary/aromatic N) is 2. The summed E-state index contributed by atoms with van der Waals surface area (Å²) < 4.78 is 16.9. The van der Waals surface area contributed by atoms with Crippen molar-refractivity contribution in [2.24, 2.45) is 11.8 Å². The summed E-state index contributed by atoms with van der Waals surface area (Å²) in [6, 6.07) is 5.67. The van der Waals surface area contributed by atoms with E-state index in [0.717, 1.165) is 5.56 Å². The second-order valence-electron chi connectivity index (χ2n) is 7.61. The molecule has 4 aliphatic heterocycles. The molecule has 0 aliphatic carbocycles. The monoisotopic (exact) mass is 411 g/mol. The van der Waals surface area contributed by atoms with E-state index in [1.807, 2.05) is 30.4 Å². The number of benzene rings is 1. The van der Waals surface area contributed by atoms with Crippen molar-refractivity contribution in [1.29, 1.82) is 0 Å². The zero-order valence-corrected chi connectivity index (χ0v) is 16.1. The maximum atomic E-state index is 13.3. The van der Waals surface area contributed by atoms with Crippen LogP contribution in [0.25, 0.3) is 0 Å². The molecule has 0 saturated carbocycles. The third kappa shape index (κ3) is 2.50. The van der Waals surface area contributed by atoms with Gasteiger partial charge in [0.2, 0.25) is 18.6 Å². The van der Waals surface area contributed by atoms with E-state index < -0.39 is 17.4 Å². The van der Waals surface area contributed by atoms with E-state index in [2.05, 4.69) is 10.3 Å². The highest BCUT2D eigenvalue weighted by Crippen LogP contribution is 2.52. The lowest BCUT2D eigenvalue weighted by Gasteiger charge is -2.23. The lowest BCUT2D eigenvalue weighted by molar-refractivity contribution is -0.136. The molecule has 1 spiro atoms. The number of amides is 2. The van der Waals surface area contributed by atoms with E-state index in [4.69, 9.17) is 14.2 Å². The molecule has 0 unspecified atom stereocenters. The van der Waals surface area contributed by atoms with Crippen LogP contribution in [0.1, 0.15) is 5.56 Å². The minimum Gasteiger partial charge on any atom is -0.454 e. The Morgan fingerprint density at radius 2 is 2.24 bits per heavy atom. The average Bonchev–Trinajstić information content (AvgIpc) is 3.50. The summed E-state index contributed by atoms with van der Waals surface area (Å²) in [5.74, 6) is 0.0314. The molecule has 4 atom stereocenters. The van der Waals surface area contributed by atoms with Gasteiger partial charge in [-0.15, -0.1) is 11.3 Å². The molecule has 0 radical (unpaired) electrons. The van der Waals surface area contributed by atoms with E-state index in [1.165, 1.54) is 11.3 Å². The van der Waals surface area contributed by atoms with E-state index >= 15 is 0 Å². The molecule has 8 nitrogen and oxygen atoms in total. The Morgan fingerprint density at radius 1 is 1.34 bits per heavy atom. The minimum absolute atomic E-state index is 0.0613. The van der Waals surface area contributed by atoms with Gasteiger partial charge in [0.15, 0.2) is 16.6 Å². The van der Waals surface area contributed by atoms with Crippen LogP contribution in [-0.4, -0.2) is 46.7 Å². The number of thiazole rings is 1. The molecule has 5 heterocycles. The first-order valence-electron chi connectivity index (χ1n) is 9.38. The first-order chi connectivity index (χ1) is 14.1. The average molecular weight is 411 g/mol. The number of rotatable bonds is 4. The van der Waals surface area contributed by atoms with Gasteiger partial charge in [-0.3, -0.25) is 9.59 Å². The molecule has 6 rings (SSSR count). The number of aromatic nitrogens is 1. The van der Waals surface area contributed by atoms with Gasteiger partial charge in [0.25, 0.3) is 0 Å². The van der Waals surface area contributed by atoms with Crippen LogP contribution in [0.15, 0.2) is 41.9 Å². The number of ether oxygens (including phenoxy) is 3. The first-order valence-corrected chi connectivity index (χ1v) is 10.3. The summed E-state index contributed by atoms with van der Waals surface area (Å²) in [5, 5.41) is 5.14. The SMILES string of the molecule is O=C(Nc1nccs1)[C@@H]1[C@H]2C(=O)N(Cc3ccc4c(c3)OCO4)C[C@@]23C=C[C@H]1O3. The number of nitrogens with one attached hydrogen (secondary N) is 1. The third-order valence-corrected chi connectivity index (χ3v) is 6.64. The quantitative estimate of drug-likeness (QED) is 0.772. The predicted octanol–water partition coefficient (Wildman–Crippen LogP) is 1.79. The van der Waals surface area contributed by atoms with Crippen LogP contribution in [0.3, 0.4) is 0 Å². The van der Waals surface area contributed by atoms with Gasteiger partial charge in [-0.05, 0) is 17.7 Å². The van der Waals surface area contributed by atoms with Crippen molar-refractivity contribution in [1.82, 2.24) is 9.88 Å². The van der Waals surface area contributed by atoms with E-state index in [-0.39, 0.29) is 24.7 Å². The van der Waals surface area contributed by atoms with E-state index in [0.29, 0.717) is 29.7 Å². The number of fused-ring (bicyclic) bond motifs is 2. The maximum absolute atomic E-state index is 13.3. The lowest BCUT2D eigenvalue weighted by Crippen LogP contribution is -2.41. The number of carbonyl (C=O) groups excluding carboxylic acids is 2. The second-order valence-corrected chi connectivity index (χ2v) is 8.50. The van der Waals surface area contributed by atoms with Gasteiger partial charge in [0.1, 0.15) is 5.60 Å². The zero-order chi connectivity index (χ0) is 19.6. The zero-order valence-electron chi connectivity index (χ0n) is 15.2. The highest BCUT2D eigenvalue weighted by Gasteiger charge is 2.66. The smallest absolute Gasteiger partial charge is 0.233 e. The second kappa shape index (κ2) is 6.04. The van der Waals surface area contributed by atoms with Crippen molar-refractivity contribution >= 4 is 28.3 Å². The highest BCUT2D eigenvalue weighted by atomic mass is 32.1. The fraction of sp³-hybridized carbons (Fsp3) is 0.350. The highest BCUT2D eigenvalue weighted by molar-refractivity contribution is 7.13. The largest absolute Gasteiger partial charge is 0.454 e. The van der Waals surface area contributed by atoms with Gasteiger partial charge in [-0.2, -0.15) is 0 Å². The Morgan fingerprint density at radius 3 is 3.10 bits per heavy atom. The summed E-state index contributed by atoms with van der Waals surface area (Å²) in [7, 11) is 0. The van der Waals surface area contributed by atoms with Crippen molar-refractivity contribution in [3.8, 4) is 11.5 Å². The number of hydrogen-bond donors (Lipinski definition) is 1. The van der Waals surface area contributed by atoms with E-state index in [9.17, 15) is 9.59 Å². The van der Waals surface area contributed by atoms with Gasteiger partial charge in [-0.25, -0.2) is 4.98 Å². The molecule has 148 valence electrons. The topological polar surface area (TPSA) is 90.0 Å². The molecule has 2 fully saturated rings. The molecular weight excluding hydrogens is 394 g/mol. The normalized spacial score (nSPS) is 30.8. The van der Waals surface area contributed by atoms with Gasteiger partial charge in [-0.1, -0.05) is 18.2 Å². The Hall–Kier alpha value is -2.91. The van der Waals surface area contributed by atoms with Crippen molar-refractivity contribution in [3.63, 3.8) is 0 Å². The molecule has 1 aromatic carbocycles. The molecule has 1 N–H and O–H groups in total. The maximum Gasteiger partial charge on any atom is 0.233 e. The molecule has 2 bridgehead atoms.